The molecule has 0 heterocycles. The average Bonchev–Trinajstić information content (AvgIpc) is 2.30. The first-order chi connectivity index (χ1) is 7.38. The van der Waals surface area contributed by atoms with Crippen LogP contribution in [0.2, 0.25) is 0 Å². The lowest BCUT2D eigenvalue weighted by Gasteiger charge is -2.09. The molecule has 0 aromatic heterocycles. The average molecular weight is 218 g/mol. The first-order valence-electron chi connectivity index (χ1n) is 6.10. The van der Waals surface area contributed by atoms with E-state index in [0.717, 1.165) is 5.54 Å². The molecule has 0 amide bonds. The van der Waals surface area contributed by atoms with Gasteiger partial charge in [-0.3, -0.25) is 0 Å². The fraction of sp³-hybridized carbons (Fsp3) is 0.500. The SMILES string of the molecule is CCCCC=[SiH]C(CC)c1ccccc1. The number of benzene rings is 1. The van der Waals surface area contributed by atoms with Gasteiger partial charge in [0.25, 0.3) is 0 Å². The maximum Gasteiger partial charge on any atom is -0.00397 e. The van der Waals surface area contributed by atoms with Crippen molar-refractivity contribution in [2.24, 2.45) is 0 Å². The van der Waals surface area contributed by atoms with E-state index >= 15 is 0 Å². The lowest BCUT2D eigenvalue weighted by Crippen LogP contribution is -2.02. The van der Waals surface area contributed by atoms with Crippen molar-refractivity contribution in [2.75, 3.05) is 0 Å². The van der Waals surface area contributed by atoms with E-state index in [-0.39, 0.29) is 0 Å². The third-order valence-corrected chi connectivity index (χ3v) is 4.69. The molecule has 0 saturated carbocycles. The van der Waals surface area contributed by atoms with E-state index in [4.69, 9.17) is 0 Å². The Balaban J connectivity index is 2.53. The van der Waals surface area contributed by atoms with Crippen molar-refractivity contribution >= 4 is 14.8 Å². The van der Waals surface area contributed by atoms with Gasteiger partial charge in [-0.05, 0) is 33.1 Å². The third kappa shape index (κ3) is 4.56. The van der Waals surface area contributed by atoms with Gasteiger partial charge in [0.2, 0.25) is 0 Å². The summed E-state index contributed by atoms with van der Waals surface area (Å²) in [5.74, 6) is 0. The van der Waals surface area contributed by atoms with Gasteiger partial charge in [0.1, 0.15) is 0 Å². The standard InChI is InChI=1S/C14H22Si/c1-3-5-9-12-15-14(4-2)13-10-7-6-8-11-13/h6-8,10-12,14-15H,3-5,9H2,1-2H3. The molecular weight excluding hydrogens is 196 g/mol. The van der Waals surface area contributed by atoms with Gasteiger partial charge in [0.05, 0.1) is 0 Å². The normalized spacial score (nSPS) is 13.2. The highest BCUT2D eigenvalue weighted by Gasteiger charge is 2.03. The van der Waals surface area contributed by atoms with E-state index in [1.807, 2.05) is 0 Å². The number of unbranched alkanes of at least 4 members (excludes halogenated alkanes) is 2. The van der Waals surface area contributed by atoms with E-state index < -0.39 is 0 Å². The molecule has 1 aromatic rings. The first kappa shape index (κ1) is 12.4. The Morgan fingerprint density at radius 2 is 1.93 bits per heavy atom. The van der Waals surface area contributed by atoms with Gasteiger partial charge in [-0.25, -0.2) is 0 Å². The van der Waals surface area contributed by atoms with Gasteiger partial charge >= 0.3 is 0 Å². The summed E-state index contributed by atoms with van der Waals surface area (Å²) in [6.45, 7) is 4.57. The fourth-order valence-electron chi connectivity index (χ4n) is 1.77. The molecule has 0 radical (unpaired) electrons. The Morgan fingerprint density at radius 1 is 1.20 bits per heavy atom. The van der Waals surface area contributed by atoms with Crippen molar-refractivity contribution in [3.63, 3.8) is 0 Å². The van der Waals surface area contributed by atoms with Crippen LogP contribution in [0, 0.1) is 0 Å². The van der Waals surface area contributed by atoms with E-state index in [0.29, 0.717) is 9.13 Å². The van der Waals surface area contributed by atoms with Crippen LogP contribution in [0.15, 0.2) is 30.3 Å². The van der Waals surface area contributed by atoms with Crippen molar-refractivity contribution in [3.05, 3.63) is 35.9 Å². The monoisotopic (exact) mass is 218 g/mol. The topological polar surface area (TPSA) is 0 Å². The fourth-order valence-corrected chi connectivity index (χ4v) is 3.24. The summed E-state index contributed by atoms with van der Waals surface area (Å²) in [6, 6.07) is 11.0. The molecule has 0 saturated heterocycles. The highest BCUT2D eigenvalue weighted by Crippen LogP contribution is 2.15. The second kappa shape index (κ2) is 7.58. The number of hydrogen-bond acceptors (Lipinski definition) is 0. The van der Waals surface area contributed by atoms with Crippen LogP contribution in [0.1, 0.15) is 50.6 Å². The maximum atomic E-state index is 2.55. The lowest BCUT2D eigenvalue weighted by molar-refractivity contribution is 0.844. The zero-order valence-electron chi connectivity index (χ0n) is 9.95. The van der Waals surface area contributed by atoms with Gasteiger partial charge in [-0.1, -0.05) is 57.0 Å². The van der Waals surface area contributed by atoms with Crippen LogP contribution >= 0.6 is 0 Å². The summed E-state index contributed by atoms with van der Waals surface area (Å²) < 4.78 is 0. The van der Waals surface area contributed by atoms with Gasteiger partial charge in [-0.15, -0.1) is 5.67 Å². The molecule has 0 N–H and O–H groups in total. The Bertz CT molecular complexity index is 277. The molecule has 82 valence electrons. The van der Waals surface area contributed by atoms with Gasteiger partial charge in [0.15, 0.2) is 0 Å². The van der Waals surface area contributed by atoms with Crippen LogP contribution in [0.3, 0.4) is 0 Å². The van der Waals surface area contributed by atoms with Crippen LogP contribution in [-0.4, -0.2) is 14.8 Å². The molecule has 1 atom stereocenters. The zero-order valence-corrected chi connectivity index (χ0v) is 11.1. The third-order valence-electron chi connectivity index (χ3n) is 2.76. The zero-order chi connectivity index (χ0) is 10.9. The molecule has 1 aromatic carbocycles. The highest BCUT2D eigenvalue weighted by molar-refractivity contribution is 6.48. The highest BCUT2D eigenvalue weighted by atomic mass is 28.2. The van der Waals surface area contributed by atoms with Crippen molar-refractivity contribution < 1.29 is 0 Å². The summed E-state index contributed by atoms with van der Waals surface area (Å²) >= 11 is 0. The molecule has 0 aliphatic rings. The van der Waals surface area contributed by atoms with Crippen molar-refractivity contribution in [3.8, 4) is 0 Å². The van der Waals surface area contributed by atoms with Crippen LogP contribution in [0.5, 0.6) is 0 Å². The molecule has 15 heavy (non-hydrogen) atoms. The largest absolute Gasteiger partial charge is 0.106 e. The van der Waals surface area contributed by atoms with Crippen LogP contribution in [0.4, 0.5) is 0 Å². The minimum absolute atomic E-state index is 0.484. The summed E-state index contributed by atoms with van der Waals surface area (Å²) in [6.07, 6.45) is 5.27. The minimum atomic E-state index is 0.484. The maximum absolute atomic E-state index is 2.55. The van der Waals surface area contributed by atoms with Crippen LogP contribution < -0.4 is 0 Å². The summed E-state index contributed by atoms with van der Waals surface area (Å²) in [5, 5.41) is 0. The quantitative estimate of drug-likeness (QED) is 0.506. The predicted molar refractivity (Wildman–Crippen MR) is 72.2 cm³/mol. The van der Waals surface area contributed by atoms with Crippen molar-refractivity contribution in [1.82, 2.24) is 0 Å². The minimum Gasteiger partial charge on any atom is -0.106 e. The predicted octanol–water partition coefficient (Wildman–Crippen LogP) is 3.57. The summed E-state index contributed by atoms with van der Waals surface area (Å²) in [7, 11) is 0.484. The molecule has 0 fully saturated rings. The van der Waals surface area contributed by atoms with Gasteiger partial charge < -0.3 is 0 Å². The Hall–Kier alpha value is -0.693. The molecule has 0 bridgehead atoms. The van der Waals surface area contributed by atoms with E-state index in [9.17, 15) is 0 Å². The molecule has 0 spiro atoms. The van der Waals surface area contributed by atoms with Crippen molar-refractivity contribution in [2.45, 2.75) is 45.1 Å². The van der Waals surface area contributed by atoms with Crippen LogP contribution in [-0.2, 0) is 0 Å². The molecule has 0 nitrogen and oxygen atoms in total. The molecular formula is C14H22Si. The second-order valence-electron chi connectivity index (χ2n) is 4.00. The number of rotatable bonds is 6. The molecule has 0 aliphatic carbocycles. The lowest BCUT2D eigenvalue weighted by atomic mass is 10.1. The van der Waals surface area contributed by atoms with Gasteiger partial charge in [0, 0.05) is 0 Å². The van der Waals surface area contributed by atoms with E-state index in [1.165, 1.54) is 31.2 Å². The summed E-state index contributed by atoms with van der Waals surface area (Å²) in [4.78, 5) is 0. The van der Waals surface area contributed by atoms with E-state index in [2.05, 4.69) is 49.9 Å². The second-order valence-corrected chi connectivity index (χ2v) is 5.66. The molecule has 1 heteroatoms. The first-order valence-corrected chi connectivity index (χ1v) is 7.43. The smallest absolute Gasteiger partial charge is 0.00397 e. The van der Waals surface area contributed by atoms with E-state index in [1.54, 1.807) is 0 Å². The number of hydrogen-bond donors (Lipinski definition) is 0. The Labute approximate surface area is 96.2 Å². The Kier molecular flexibility index (Phi) is 6.25. The van der Waals surface area contributed by atoms with Crippen LogP contribution in [0.25, 0.3) is 0 Å². The molecule has 0 aliphatic heterocycles. The van der Waals surface area contributed by atoms with Crippen molar-refractivity contribution in [1.29, 1.82) is 0 Å². The Morgan fingerprint density at radius 3 is 2.53 bits per heavy atom. The summed E-state index contributed by atoms with van der Waals surface area (Å²) in [5.41, 5.74) is 4.89. The molecule has 1 rings (SSSR count). The molecule has 1 unspecified atom stereocenters. The van der Waals surface area contributed by atoms with Gasteiger partial charge in [-0.2, -0.15) is 0 Å².